The van der Waals surface area contributed by atoms with Crippen LogP contribution in [0.5, 0.6) is 0 Å². The molecular weight excluding hydrogens is 1880 g/mol. The van der Waals surface area contributed by atoms with E-state index in [-0.39, 0.29) is 26.4 Å². The fraction of sp³-hybridized carbons (Fsp3) is 0.127. The van der Waals surface area contributed by atoms with Gasteiger partial charge in [-0.2, -0.15) is 0 Å². The Labute approximate surface area is 825 Å². The SMILES string of the molecule is CCCC(C)(CO[Si]1(Cl)n2c3c4ccccc4c2N=C2N=C(N=c4c5ccccc5c(n41)=NC1=NC(=N3)c3ccccc31)c1ccccc12)CO[Si]1(OCC(C)(CCC)CO[Si]2(Cl)n3c4c5ccccc5c3N=C3N=C(N=c5c6ccccc6c(n52)=NC2=NC(=N4)c4ccccc42)c2ccccc23)n2c3c4ccccc4c2N=C2N=C(N=c4c5ccccc5c(n41)=NC1=NC(=N3)c3ccccc31)c1ccccc12. The number of rotatable bonds is 16. The summed E-state index contributed by atoms with van der Waals surface area (Å²) >= 11 is 19.0. The number of fused-ring (bicyclic) bond motifs is 42. The Kier molecular flexibility index (Phi) is 17.6. The van der Waals surface area contributed by atoms with Crippen LogP contribution in [0.15, 0.2) is 381 Å². The lowest BCUT2D eigenvalue weighted by Crippen LogP contribution is -2.66. The standard InChI is InChI=1S/C110H76Cl2N24O4Si3/c1-5-55-109(3,57-137-141(111)131-97-73-43-19-20-44-74(73)99(131)121-87-63-33-9-10-34-64(63)88(114-87)122-100-76-46-22-21-45-75(76)98(132(100)141)120-86-62-32-8-7-31-61(62)85(113-86)119-97)59-139-143(135-105-81-51-27-28-52-82(81)107(135)129-95-71-41-17-18-42-72(71)96(118-95)130-108-84-54-30-29-53-83(84)106(136(108)143)128-94-70-40-16-15-39-69(70)93(117-94)127-105)140-60-110(4,56-6-2)58-138-142(112)133-101-77-47-23-24-48-78(77)103(133)125-91-67-37-13-14-38-68(67)92(116-91)126-104-80-50-26-25-49-79(80)102(134(104)142)124-90-66-36-12-11-35-65(66)89(115-90)123-101/h7-54H,5-6,55-60H2,1-4H3. The zero-order valence-electron chi connectivity index (χ0n) is 77.0. The van der Waals surface area contributed by atoms with Crippen LogP contribution < -0.4 is 32.9 Å². The topological polar surface area (TPSA) is 289 Å². The zero-order valence-corrected chi connectivity index (χ0v) is 81.5. The summed E-state index contributed by atoms with van der Waals surface area (Å²) in [5, 5.41) is 8.90. The van der Waals surface area contributed by atoms with Gasteiger partial charge < -0.3 is 17.7 Å². The molecule has 686 valence electrons. The average molecular weight is 1950 g/mol. The Morgan fingerprint density at radius 3 is 0.573 bits per heavy atom. The Morgan fingerprint density at radius 1 is 0.203 bits per heavy atom. The number of benzene rings is 12. The van der Waals surface area contributed by atoms with Gasteiger partial charge in [0.05, 0.1) is 0 Å². The van der Waals surface area contributed by atoms with E-state index in [0.29, 0.717) is 164 Å². The van der Waals surface area contributed by atoms with Crippen molar-refractivity contribution in [2.24, 2.45) is 101 Å². The minimum atomic E-state index is -5.29. The van der Waals surface area contributed by atoms with Crippen LogP contribution >= 0.6 is 22.2 Å². The molecule has 0 radical (unpaired) electrons. The van der Waals surface area contributed by atoms with Gasteiger partial charge in [0.15, 0.2) is 70.0 Å². The van der Waals surface area contributed by atoms with Crippen LogP contribution in [-0.2, 0) is 17.7 Å². The molecule has 33 heteroatoms. The monoisotopic (exact) mass is 1950 g/mol. The second kappa shape index (κ2) is 30.4. The zero-order chi connectivity index (χ0) is 94.8. The van der Waals surface area contributed by atoms with Gasteiger partial charge in [-0.3, -0.25) is 25.4 Å². The molecule has 28 nitrogen and oxygen atoms in total. The molecule has 0 spiro atoms. The van der Waals surface area contributed by atoms with E-state index in [0.717, 1.165) is 131 Å². The van der Waals surface area contributed by atoms with E-state index in [1.165, 1.54) is 0 Å². The number of aliphatic imine (C=N–C) groups is 12. The molecule has 12 aliphatic rings. The van der Waals surface area contributed by atoms with E-state index in [2.05, 4.69) is 133 Å². The predicted octanol–water partition coefficient (Wildman–Crippen LogP) is 18.3. The Hall–Kier alpha value is -16.2. The number of nitrogens with zero attached hydrogens (tertiary/aromatic N) is 24. The van der Waals surface area contributed by atoms with Crippen LogP contribution in [0.4, 0.5) is 34.9 Å². The first-order valence-corrected chi connectivity index (χ1v) is 55.2. The van der Waals surface area contributed by atoms with Crippen molar-refractivity contribution in [3.8, 4) is 0 Å². The van der Waals surface area contributed by atoms with Crippen molar-refractivity contribution >= 4 is 217 Å². The van der Waals surface area contributed by atoms with Crippen LogP contribution in [0, 0.1) is 10.8 Å². The third-order valence-corrected chi connectivity index (χ3v) is 39.7. The molecule has 0 amide bonds. The molecule has 0 fully saturated rings. The summed E-state index contributed by atoms with van der Waals surface area (Å²) in [6.45, 7) is 8.36. The van der Waals surface area contributed by atoms with Crippen molar-refractivity contribution in [1.29, 1.82) is 0 Å². The normalized spacial score (nSPS) is 19.5. The van der Waals surface area contributed by atoms with Crippen molar-refractivity contribution < 1.29 is 17.7 Å². The first-order chi connectivity index (χ1) is 70.2. The summed E-state index contributed by atoms with van der Waals surface area (Å²) < 4.78 is 47.3. The molecule has 12 aromatic carbocycles. The molecule has 12 aliphatic heterocycles. The van der Waals surface area contributed by atoms with Crippen LogP contribution in [0.1, 0.15) is 120 Å². The lowest BCUT2D eigenvalue weighted by Gasteiger charge is -2.41. The van der Waals surface area contributed by atoms with E-state index in [1.54, 1.807) is 0 Å². The van der Waals surface area contributed by atoms with Crippen molar-refractivity contribution in [1.82, 2.24) is 25.4 Å². The van der Waals surface area contributed by atoms with Gasteiger partial charge in [0.1, 0.15) is 67.8 Å². The molecule has 4 unspecified atom stereocenters. The lowest BCUT2D eigenvalue weighted by molar-refractivity contribution is 0.0189. The molecule has 6 aromatic heterocycles. The second-order valence-corrected chi connectivity index (χ2v) is 48.2. The molecule has 30 rings (SSSR count). The Bertz CT molecular complexity index is 8990. The van der Waals surface area contributed by atoms with Crippen molar-refractivity contribution in [2.45, 2.75) is 53.4 Å². The average Bonchev–Trinajstić information content (AvgIpc) is 1.53. The Balaban J connectivity index is 0.665. The van der Waals surface area contributed by atoms with E-state index in [4.69, 9.17) is 108 Å². The molecule has 0 saturated carbocycles. The fourth-order valence-electron chi connectivity index (χ4n) is 22.5. The summed E-state index contributed by atoms with van der Waals surface area (Å²) in [5.74, 6) is 7.98. The maximum absolute atomic E-state index is 9.49. The van der Waals surface area contributed by atoms with E-state index >= 15 is 0 Å². The third-order valence-electron chi connectivity index (χ3n) is 29.1. The van der Waals surface area contributed by atoms with E-state index in [1.807, 2.05) is 211 Å². The molecule has 18 bridgehead atoms. The summed E-state index contributed by atoms with van der Waals surface area (Å²) in [7, 11) is -14.9. The van der Waals surface area contributed by atoms with Crippen LogP contribution in [-0.4, -0.2) is 147 Å². The molecule has 0 aliphatic carbocycles. The van der Waals surface area contributed by atoms with Gasteiger partial charge in [-0.05, 0) is 12.8 Å². The number of halogens is 2. The highest BCUT2D eigenvalue weighted by Crippen LogP contribution is 2.51. The molecule has 18 heterocycles. The van der Waals surface area contributed by atoms with Crippen molar-refractivity contribution in [2.75, 3.05) is 26.4 Å². The smallest absolute Gasteiger partial charge is 0.370 e. The minimum Gasteiger partial charge on any atom is -0.370 e. The summed E-state index contributed by atoms with van der Waals surface area (Å²) in [6.07, 6.45) is 2.20. The predicted molar refractivity (Wildman–Crippen MR) is 565 cm³/mol. The first-order valence-electron chi connectivity index (χ1n) is 47.9. The van der Waals surface area contributed by atoms with E-state index in [9.17, 15) is 22.2 Å². The number of hydrogen-bond acceptors (Lipinski definition) is 22. The fourth-order valence-corrected chi connectivity index (χ4v) is 33.8. The summed E-state index contributed by atoms with van der Waals surface area (Å²) in [5.41, 5.74) is 10.0. The van der Waals surface area contributed by atoms with Crippen LogP contribution in [0.2, 0.25) is 0 Å². The highest BCUT2D eigenvalue weighted by Gasteiger charge is 2.59. The molecule has 18 aromatic rings. The van der Waals surface area contributed by atoms with Gasteiger partial charge in [-0.15, -0.1) is 0 Å². The maximum Gasteiger partial charge on any atom is 0.603 e. The molecular formula is C110H76Cl2N24O4Si3. The van der Waals surface area contributed by atoms with Crippen molar-refractivity contribution in [3.05, 3.63) is 391 Å². The minimum absolute atomic E-state index is 0.0925. The molecule has 4 atom stereocenters. The number of aromatic nitrogens is 6. The molecule has 0 saturated heterocycles. The van der Waals surface area contributed by atoms with Gasteiger partial charge in [0.2, 0.25) is 0 Å². The van der Waals surface area contributed by atoms with Crippen LogP contribution in [0.25, 0.3) is 64.6 Å². The summed E-state index contributed by atoms with van der Waals surface area (Å²) in [6, 6.07) is 97.6. The van der Waals surface area contributed by atoms with Crippen molar-refractivity contribution in [3.63, 3.8) is 0 Å². The van der Waals surface area contributed by atoms with Gasteiger partial charge in [0.25, 0.3) is 0 Å². The quantitative estimate of drug-likeness (QED) is 0.0673. The van der Waals surface area contributed by atoms with Crippen LogP contribution in [0.3, 0.4) is 0 Å². The van der Waals surface area contributed by atoms with Gasteiger partial charge in [-0.1, -0.05) is 354 Å². The Morgan fingerprint density at radius 2 is 0.371 bits per heavy atom. The maximum atomic E-state index is 9.49. The van der Waals surface area contributed by atoms with Gasteiger partial charge in [-0.25, -0.2) is 89.9 Å². The lowest BCUT2D eigenvalue weighted by atomic mass is 9.88. The van der Waals surface area contributed by atoms with Gasteiger partial charge in [0, 0.05) is 169 Å². The first kappa shape index (κ1) is 82.7. The number of hydrogen-bond donors (Lipinski definition) is 0. The van der Waals surface area contributed by atoms with Gasteiger partial charge >= 0.3 is 24.8 Å². The highest BCUT2D eigenvalue weighted by molar-refractivity contribution is 7.15. The molecule has 143 heavy (non-hydrogen) atoms. The molecule has 0 N–H and O–H groups in total. The largest absolute Gasteiger partial charge is 0.603 e. The highest BCUT2D eigenvalue weighted by atomic mass is 35.6. The summed E-state index contributed by atoms with van der Waals surface area (Å²) in [4.78, 5) is 102. The second-order valence-electron chi connectivity index (χ2n) is 38.2. The number of amidine groups is 12. The van der Waals surface area contributed by atoms with E-state index < -0.39 is 35.6 Å². The third kappa shape index (κ3) is 11.8.